The zero-order chi connectivity index (χ0) is 19.3. The second-order valence-corrected chi connectivity index (χ2v) is 6.62. The van der Waals surface area contributed by atoms with Crippen LogP contribution in [-0.4, -0.2) is 9.97 Å². The number of aromatic nitrogens is 2. The lowest BCUT2D eigenvalue weighted by Crippen LogP contribution is -1.95. The summed E-state index contributed by atoms with van der Waals surface area (Å²) in [6, 6.07) is 25.9. The number of H-pyrrole nitrogens is 1. The second kappa shape index (κ2) is 7.81. The van der Waals surface area contributed by atoms with E-state index in [-0.39, 0.29) is 0 Å². The lowest BCUT2D eigenvalue weighted by atomic mass is 10.1. The number of imidazole rings is 1. The molecular weight excluding hydrogens is 346 g/mol. The van der Waals surface area contributed by atoms with Gasteiger partial charge in [0.25, 0.3) is 0 Å². The molecule has 1 aromatic heterocycles. The molecule has 1 N–H and O–H groups in total. The number of para-hydroxylation sites is 2. The Labute approximate surface area is 163 Å². The average molecular weight is 365 g/mol. The molecule has 0 saturated heterocycles. The van der Waals surface area contributed by atoms with Crippen LogP contribution in [0.4, 0.5) is 0 Å². The number of aryl methyl sites for hydroxylation is 1. The van der Waals surface area contributed by atoms with Crippen molar-refractivity contribution in [1.82, 2.24) is 9.97 Å². The fraction of sp³-hybridized carbons (Fsp3) is 0.0833. The molecule has 0 fully saturated rings. The molecule has 0 saturated carbocycles. The maximum Gasteiger partial charge on any atom is 0.149 e. The first-order chi connectivity index (χ1) is 13.7. The van der Waals surface area contributed by atoms with Gasteiger partial charge in [0.2, 0.25) is 0 Å². The summed E-state index contributed by atoms with van der Waals surface area (Å²) >= 11 is 0. The van der Waals surface area contributed by atoms with Crippen molar-refractivity contribution in [1.29, 1.82) is 5.26 Å². The molecule has 0 spiro atoms. The summed E-state index contributed by atoms with van der Waals surface area (Å²) in [4.78, 5) is 7.69. The van der Waals surface area contributed by atoms with Crippen LogP contribution in [0.3, 0.4) is 0 Å². The number of rotatable bonds is 5. The van der Waals surface area contributed by atoms with Crippen LogP contribution >= 0.6 is 0 Å². The maximum absolute atomic E-state index is 9.55. The number of benzene rings is 3. The Morgan fingerprint density at radius 1 is 1.04 bits per heavy atom. The molecule has 136 valence electrons. The standard InChI is InChI=1S/C24H19N3O/c1-17-6-8-19(9-7-17)16-28-21-12-10-18(11-13-21)14-20(15-25)24-26-22-4-2-3-5-23(22)27-24/h2-14H,16H2,1H3,(H,26,27)/b20-14+. The van der Waals surface area contributed by atoms with Gasteiger partial charge in [-0.25, -0.2) is 4.98 Å². The van der Waals surface area contributed by atoms with Gasteiger partial charge < -0.3 is 9.72 Å². The fourth-order valence-corrected chi connectivity index (χ4v) is 2.91. The summed E-state index contributed by atoms with van der Waals surface area (Å²) in [5.41, 5.74) is 5.53. The Kier molecular flexibility index (Phi) is 4.90. The molecule has 4 nitrogen and oxygen atoms in total. The fourth-order valence-electron chi connectivity index (χ4n) is 2.91. The monoisotopic (exact) mass is 365 g/mol. The van der Waals surface area contributed by atoms with Gasteiger partial charge in [0.05, 0.1) is 16.6 Å². The van der Waals surface area contributed by atoms with E-state index in [0.717, 1.165) is 27.9 Å². The number of allylic oxidation sites excluding steroid dienone is 1. The van der Waals surface area contributed by atoms with Gasteiger partial charge >= 0.3 is 0 Å². The Balaban J connectivity index is 1.49. The Morgan fingerprint density at radius 2 is 1.79 bits per heavy atom. The molecule has 0 amide bonds. The molecule has 4 rings (SSSR count). The third-order valence-corrected chi connectivity index (χ3v) is 4.48. The summed E-state index contributed by atoms with van der Waals surface area (Å²) in [5, 5.41) is 9.55. The van der Waals surface area contributed by atoms with E-state index in [2.05, 4.69) is 47.2 Å². The topological polar surface area (TPSA) is 61.7 Å². The Morgan fingerprint density at radius 3 is 2.50 bits per heavy atom. The van der Waals surface area contributed by atoms with E-state index in [1.807, 2.05) is 54.6 Å². The number of nitrogens with zero attached hydrogens (tertiary/aromatic N) is 2. The number of ether oxygens (including phenoxy) is 1. The van der Waals surface area contributed by atoms with Gasteiger partial charge in [-0.3, -0.25) is 0 Å². The van der Waals surface area contributed by atoms with Crippen molar-refractivity contribution < 1.29 is 4.74 Å². The molecular formula is C24H19N3O. The minimum Gasteiger partial charge on any atom is -0.489 e. The first kappa shape index (κ1) is 17.6. The molecule has 0 aliphatic heterocycles. The Bertz CT molecular complexity index is 1130. The first-order valence-corrected chi connectivity index (χ1v) is 9.06. The van der Waals surface area contributed by atoms with Crippen molar-refractivity contribution >= 4 is 22.7 Å². The average Bonchev–Trinajstić information content (AvgIpc) is 3.16. The highest BCUT2D eigenvalue weighted by molar-refractivity contribution is 5.90. The van der Waals surface area contributed by atoms with E-state index in [4.69, 9.17) is 4.74 Å². The first-order valence-electron chi connectivity index (χ1n) is 9.06. The number of aromatic amines is 1. The van der Waals surface area contributed by atoms with Crippen LogP contribution in [0, 0.1) is 18.3 Å². The molecule has 0 atom stereocenters. The zero-order valence-corrected chi connectivity index (χ0v) is 15.5. The van der Waals surface area contributed by atoms with Crippen molar-refractivity contribution in [2.75, 3.05) is 0 Å². The van der Waals surface area contributed by atoms with Crippen LogP contribution in [0.1, 0.15) is 22.5 Å². The number of nitriles is 1. The van der Waals surface area contributed by atoms with Crippen LogP contribution in [-0.2, 0) is 6.61 Å². The number of hydrogen-bond donors (Lipinski definition) is 1. The molecule has 1 heterocycles. The van der Waals surface area contributed by atoms with Crippen LogP contribution in [0.2, 0.25) is 0 Å². The van der Waals surface area contributed by atoms with Gasteiger partial charge in [-0.2, -0.15) is 5.26 Å². The quantitative estimate of drug-likeness (QED) is 0.474. The highest BCUT2D eigenvalue weighted by atomic mass is 16.5. The van der Waals surface area contributed by atoms with Gasteiger partial charge in [-0.1, -0.05) is 54.1 Å². The molecule has 0 aliphatic rings. The van der Waals surface area contributed by atoms with Crippen molar-refractivity contribution in [2.24, 2.45) is 0 Å². The second-order valence-electron chi connectivity index (χ2n) is 6.62. The van der Waals surface area contributed by atoms with Gasteiger partial charge in [-0.05, 0) is 48.4 Å². The predicted molar refractivity (Wildman–Crippen MR) is 112 cm³/mol. The summed E-state index contributed by atoms with van der Waals surface area (Å²) in [6.45, 7) is 2.59. The third kappa shape index (κ3) is 3.94. The summed E-state index contributed by atoms with van der Waals surface area (Å²) in [7, 11) is 0. The van der Waals surface area contributed by atoms with E-state index < -0.39 is 0 Å². The van der Waals surface area contributed by atoms with E-state index in [9.17, 15) is 5.26 Å². The van der Waals surface area contributed by atoms with Crippen molar-refractivity contribution in [3.8, 4) is 11.8 Å². The molecule has 4 heteroatoms. The van der Waals surface area contributed by atoms with Gasteiger partial charge in [-0.15, -0.1) is 0 Å². The summed E-state index contributed by atoms with van der Waals surface area (Å²) in [5.74, 6) is 1.36. The lowest BCUT2D eigenvalue weighted by molar-refractivity contribution is 0.306. The normalized spacial score (nSPS) is 11.4. The lowest BCUT2D eigenvalue weighted by Gasteiger charge is -2.07. The van der Waals surface area contributed by atoms with Crippen molar-refractivity contribution in [3.05, 3.63) is 95.3 Å². The molecule has 28 heavy (non-hydrogen) atoms. The predicted octanol–water partition coefficient (Wildman–Crippen LogP) is 5.51. The minimum atomic E-state index is 0.490. The molecule has 0 radical (unpaired) electrons. The molecule has 0 aliphatic carbocycles. The third-order valence-electron chi connectivity index (χ3n) is 4.48. The smallest absolute Gasteiger partial charge is 0.149 e. The summed E-state index contributed by atoms with van der Waals surface area (Å²) < 4.78 is 5.84. The van der Waals surface area contributed by atoms with E-state index >= 15 is 0 Å². The number of nitrogens with one attached hydrogen (secondary N) is 1. The molecule has 3 aromatic carbocycles. The molecule has 0 bridgehead atoms. The molecule has 4 aromatic rings. The van der Waals surface area contributed by atoms with E-state index in [1.54, 1.807) is 0 Å². The highest BCUT2D eigenvalue weighted by Crippen LogP contribution is 2.21. The van der Waals surface area contributed by atoms with E-state index in [0.29, 0.717) is 18.0 Å². The number of hydrogen-bond acceptors (Lipinski definition) is 3. The van der Waals surface area contributed by atoms with Crippen molar-refractivity contribution in [3.63, 3.8) is 0 Å². The van der Waals surface area contributed by atoms with Crippen LogP contribution in [0.15, 0.2) is 72.8 Å². The SMILES string of the molecule is Cc1ccc(COc2ccc(/C=C(\C#N)c3nc4ccccc4[nH]3)cc2)cc1. The molecule has 0 unspecified atom stereocenters. The van der Waals surface area contributed by atoms with Crippen LogP contribution < -0.4 is 4.74 Å². The van der Waals surface area contributed by atoms with Crippen LogP contribution in [0.25, 0.3) is 22.7 Å². The van der Waals surface area contributed by atoms with Crippen molar-refractivity contribution in [2.45, 2.75) is 13.5 Å². The maximum atomic E-state index is 9.55. The largest absolute Gasteiger partial charge is 0.489 e. The number of fused-ring (bicyclic) bond motifs is 1. The highest BCUT2D eigenvalue weighted by Gasteiger charge is 2.07. The van der Waals surface area contributed by atoms with E-state index in [1.165, 1.54) is 5.56 Å². The van der Waals surface area contributed by atoms with Gasteiger partial charge in [0, 0.05) is 0 Å². The Hall–Kier alpha value is -3.84. The van der Waals surface area contributed by atoms with Crippen LogP contribution in [0.5, 0.6) is 5.75 Å². The minimum absolute atomic E-state index is 0.490. The van der Waals surface area contributed by atoms with Gasteiger partial charge in [0.1, 0.15) is 24.3 Å². The summed E-state index contributed by atoms with van der Waals surface area (Å²) in [6.07, 6.45) is 1.82. The zero-order valence-electron chi connectivity index (χ0n) is 15.5. The van der Waals surface area contributed by atoms with Gasteiger partial charge in [0.15, 0.2) is 0 Å².